The van der Waals surface area contributed by atoms with Gasteiger partial charge < -0.3 is 24.4 Å². The Morgan fingerprint density at radius 2 is 1.86 bits per heavy atom. The summed E-state index contributed by atoms with van der Waals surface area (Å²) in [6, 6.07) is 11.5. The first-order chi connectivity index (χ1) is 17.0. The number of nitrogens with one attached hydrogen (secondary N) is 2. The standard InChI is InChI=1S/C26H34FN3O5/c1-30(26(31)28-11-3-4-12-32-2)23-7-5-21(6-8-23)19-34-24-15-22(27)16-25(17-24)35-29-18-20-9-13-33-14-10-20/h5-8,15-18,29H,3-4,9-14,19H2,1-2H3,(H,28,31). The van der Waals surface area contributed by atoms with E-state index in [4.69, 9.17) is 19.0 Å². The van der Waals surface area contributed by atoms with Crippen molar-refractivity contribution >= 4 is 11.7 Å². The number of methoxy groups -OCH3 is 1. The molecule has 0 aliphatic carbocycles. The van der Waals surface area contributed by atoms with Crippen molar-refractivity contribution in [2.24, 2.45) is 0 Å². The van der Waals surface area contributed by atoms with E-state index < -0.39 is 5.82 Å². The molecule has 1 heterocycles. The van der Waals surface area contributed by atoms with E-state index in [1.807, 2.05) is 24.3 Å². The van der Waals surface area contributed by atoms with Crippen LogP contribution in [0.2, 0.25) is 0 Å². The molecule has 9 heteroatoms. The van der Waals surface area contributed by atoms with Crippen molar-refractivity contribution in [1.29, 1.82) is 0 Å². The lowest BCUT2D eigenvalue weighted by Gasteiger charge is -2.18. The summed E-state index contributed by atoms with van der Waals surface area (Å²) < 4.78 is 30.1. The Kier molecular flexibility index (Phi) is 10.7. The molecule has 1 fully saturated rings. The van der Waals surface area contributed by atoms with Crippen molar-refractivity contribution in [1.82, 2.24) is 10.8 Å². The molecule has 0 aromatic heterocycles. The number of hydrogen-bond acceptors (Lipinski definition) is 6. The summed E-state index contributed by atoms with van der Waals surface area (Å²) in [5, 5.41) is 2.89. The third-order valence-electron chi connectivity index (χ3n) is 5.50. The number of amides is 2. The number of halogens is 1. The third kappa shape index (κ3) is 9.11. The summed E-state index contributed by atoms with van der Waals surface area (Å²) in [5.74, 6) is 0.215. The third-order valence-corrected chi connectivity index (χ3v) is 5.50. The van der Waals surface area contributed by atoms with Gasteiger partial charge in [-0.15, -0.1) is 0 Å². The molecule has 1 aliphatic heterocycles. The summed E-state index contributed by atoms with van der Waals surface area (Å²) in [7, 11) is 3.38. The van der Waals surface area contributed by atoms with Gasteiger partial charge >= 0.3 is 6.03 Å². The summed E-state index contributed by atoms with van der Waals surface area (Å²) in [6.07, 6.45) is 5.25. The highest BCUT2D eigenvalue weighted by Gasteiger charge is 2.10. The van der Waals surface area contributed by atoms with E-state index in [-0.39, 0.29) is 12.6 Å². The lowest BCUT2D eigenvalue weighted by Crippen LogP contribution is -2.37. The van der Waals surface area contributed by atoms with Gasteiger partial charge in [0.1, 0.15) is 18.2 Å². The van der Waals surface area contributed by atoms with Gasteiger partial charge in [0.05, 0.1) is 13.2 Å². The van der Waals surface area contributed by atoms with Crippen LogP contribution in [-0.2, 0) is 16.1 Å². The van der Waals surface area contributed by atoms with Crippen LogP contribution in [0.25, 0.3) is 0 Å². The number of rotatable bonds is 12. The monoisotopic (exact) mass is 487 g/mol. The van der Waals surface area contributed by atoms with Gasteiger partial charge in [0.25, 0.3) is 0 Å². The predicted octanol–water partition coefficient (Wildman–Crippen LogP) is 4.55. The second-order valence-corrected chi connectivity index (χ2v) is 8.20. The van der Waals surface area contributed by atoms with Crippen molar-refractivity contribution in [3.63, 3.8) is 0 Å². The summed E-state index contributed by atoms with van der Waals surface area (Å²) in [4.78, 5) is 19.3. The van der Waals surface area contributed by atoms with Crippen LogP contribution < -0.4 is 25.3 Å². The van der Waals surface area contributed by atoms with Crippen LogP contribution in [0.5, 0.6) is 11.5 Å². The van der Waals surface area contributed by atoms with Crippen LogP contribution in [0.15, 0.2) is 54.2 Å². The lowest BCUT2D eigenvalue weighted by molar-refractivity contribution is 0.117. The Morgan fingerprint density at radius 1 is 1.11 bits per heavy atom. The highest BCUT2D eigenvalue weighted by Crippen LogP contribution is 2.23. The quantitative estimate of drug-likeness (QED) is 0.338. The molecule has 2 N–H and O–H groups in total. The van der Waals surface area contributed by atoms with E-state index in [0.717, 1.165) is 36.9 Å². The van der Waals surface area contributed by atoms with Gasteiger partial charge in [-0.25, -0.2) is 14.7 Å². The number of ether oxygens (including phenoxy) is 3. The molecular weight excluding hydrogens is 453 g/mol. The number of anilines is 1. The molecule has 0 saturated carbocycles. The highest BCUT2D eigenvalue weighted by molar-refractivity contribution is 5.91. The molecule has 3 rings (SSSR count). The van der Waals surface area contributed by atoms with Gasteiger partial charge in [-0.3, -0.25) is 4.90 Å². The zero-order valence-electron chi connectivity index (χ0n) is 20.3. The van der Waals surface area contributed by atoms with Crippen LogP contribution in [-0.4, -0.2) is 46.6 Å². The fourth-order valence-electron chi connectivity index (χ4n) is 3.42. The van der Waals surface area contributed by atoms with E-state index in [0.29, 0.717) is 37.9 Å². The molecule has 0 spiro atoms. The summed E-state index contributed by atoms with van der Waals surface area (Å²) >= 11 is 0. The lowest BCUT2D eigenvalue weighted by atomic mass is 10.1. The van der Waals surface area contributed by atoms with Crippen LogP contribution in [0.4, 0.5) is 14.9 Å². The van der Waals surface area contributed by atoms with Crippen molar-refractivity contribution < 1.29 is 28.2 Å². The number of benzene rings is 2. The van der Waals surface area contributed by atoms with Gasteiger partial charge in [0.15, 0.2) is 5.75 Å². The molecule has 0 atom stereocenters. The van der Waals surface area contributed by atoms with Crippen LogP contribution in [0.1, 0.15) is 31.2 Å². The Balaban J connectivity index is 1.47. The van der Waals surface area contributed by atoms with Gasteiger partial charge in [-0.1, -0.05) is 12.1 Å². The molecular formula is C26H34FN3O5. The molecule has 190 valence electrons. The SMILES string of the molecule is COCCCCNC(=O)N(C)c1ccc(COc2cc(F)cc(ONC=C3CCOCC3)c2)cc1. The largest absolute Gasteiger partial charge is 0.489 e. The number of carbonyl (C=O) groups excluding carboxylic acids is 1. The summed E-state index contributed by atoms with van der Waals surface area (Å²) in [6.45, 7) is 2.93. The van der Waals surface area contributed by atoms with Crippen molar-refractivity contribution in [2.45, 2.75) is 32.3 Å². The molecule has 0 bridgehead atoms. The molecule has 2 aromatic carbocycles. The van der Waals surface area contributed by atoms with Gasteiger partial charge in [0.2, 0.25) is 0 Å². The maximum absolute atomic E-state index is 14.0. The Bertz CT molecular complexity index is 960. The smallest absolute Gasteiger partial charge is 0.321 e. The van der Waals surface area contributed by atoms with Crippen LogP contribution in [0, 0.1) is 5.82 Å². The number of nitrogens with zero attached hydrogens (tertiary/aromatic N) is 1. The Morgan fingerprint density at radius 3 is 2.60 bits per heavy atom. The Hall–Kier alpha value is -3.30. The fourth-order valence-corrected chi connectivity index (χ4v) is 3.42. The van der Waals surface area contributed by atoms with E-state index in [9.17, 15) is 9.18 Å². The minimum absolute atomic E-state index is 0.167. The molecule has 1 aliphatic rings. The van der Waals surface area contributed by atoms with E-state index in [1.165, 1.54) is 17.7 Å². The maximum Gasteiger partial charge on any atom is 0.321 e. The maximum atomic E-state index is 14.0. The van der Waals surface area contributed by atoms with Crippen molar-refractivity contribution in [2.75, 3.05) is 45.4 Å². The van der Waals surface area contributed by atoms with E-state index in [1.54, 1.807) is 31.3 Å². The zero-order chi connectivity index (χ0) is 24.9. The normalized spacial score (nSPS) is 13.2. The number of urea groups is 1. The fraction of sp³-hybridized carbons (Fsp3) is 0.423. The molecule has 2 aromatic rings. The van der Waals surface area contributed by atoms with Crippen LogP contribution in [0.3, 0.4) is 0 Å². The minimum Gasteiger partial charge on any atom is -0.489 e. The average molecular weight is 488 g/mol. The molecule has 8 nitrogen and oxygen atoms in total. The molecule has 2 amide bonds. The van der Waals surface area contributed by atoms with Gasteiger partial charge in [0, 0.05) is 57.4 Å². The first kappa shape index (κ1) is 26.3. The average Bonchev–Trinajstić information content (AvgIpc) is 2.87. The molecule has 1 saturated heterocycles. The molecule has 0 radical (unpaired) electrons. The number of carbonyl (C=O) groups is 1. The molecule has 0 unspecified atom stereocenters. The van der Waals surface area contributed by atoms with Crippen molar-refractivity contribution in [3.8, 4) is 11.5 Å². The van der Waals surface area contributed by atoms with Crippen molar-refractivity contribution in [3.05, 3.63) is 65.6 Å². The van der Waals surface area contributed by atoms with Gasteiger partial charge in [-0.2, -0.15) is 0 Å². The minimum atomic E-state index is -0.455. The topological polar surface area (TPSA) is 81.3 Å². The first-order valence-electron chi connectivity index (χ1n) is 11.8. The molecule has 35 heavy (non-hydrogen) atoms. The first-order valence-corrected chi connectivity index (χ1v) is 11.8. The number of unbranched alkanes of at least 4 members (excludes halogenated alkanes) is 1. The summed E-state index contributed by atoms with van der Waals surface area (Å²) in [5.41, 5.74) is 5.60. The Labute approximate surface area is 205 Å². The number of hydrogen-bond donors (Lipinski definition) is 2. The van der Waals surface area contributed by atoms with E-state index >= 15 is 0 Å². The predicted molar refractivity (Wildman–Crippen MR) is 132 cm³/mol. The highest BCUT2D eigenvalue weighted by atomic mass is 19.1. The van der Waals surface area contributed by atoms with E-state index in [2.05, 4.69) is 10.8 Å². The zero-order valence-corrected chi connectivity index (χ0v) is 20.3. The second kappa shape index (κ2) is 14.2. The number of hydroxylamine groups is 1. The second-order valence-electron chi connectivity index (χ2n) is 8.20. The van der Waals surface area contributed by atoms with Gasteiger partial charge in [-0.05, 0) is 49.0 Å². The van der Waals surface area contributed by atoms with Crippen LogP contribution >= 0.6 is 0 Å².